The van der Waals surface area contributed by atoms with Gasteiger partial charge in [-0.05, 0) is 53.8 Å². The Balaban J connectivity index is 1.91. The van der Waals surface area contributed by atoms with Crippen LogP contribution in [-0.4, -0.2) is 54.5 Å². The third-order valence-electron chi connectivity index (χ3n) is 5.90. The van der Waals surface area contributed by atoms with Gasteiger partial charge in [0.15, 0.2) is 0 Å². The quantitative estimate of drug-likeness (QED) is 0.666. The molecule has 168 valence electrons. The standard InChI is InChI=1S/C25H34N2O3S/c1-17(2)27(23(29)16-30-6)15-22(28)26-13-11-21-20(12-14-31-21)24(26)18-7-9-19(10-8-18)25(3,4)5/h7-10,12,14,17,24H,11,13,15-16H2,1-6H3. The summed E-state index contributed by atoms with van der Waals surface area (Å²) < 4.78 is 5.01. The lowest BCUT2D eigenvalue weighted by atomic mass is 9.85. The minimum atomic E-state index is -0.162. The van der Waals surface area contributed by atoms with Crippen molar-refractivity contribution in [1.29, 1.82) is 0 Å². The molecule has 31 heavy (non-hydrogen) atoms. The van der Waals surface area contributed by atoms with Gasteiger partial charge in [-0.25, -0.2) is 0 Å². The van der Waals surface area contributed by atoms with Gasteiger partial charge >= 0.3 is 0 Å². The maximum Gasteiger partial charge on any atom is 0.249 e. The molecule has 1 aromatic carbocycles. The van der Waals surface area contributed by atoms with Crippen LogP contribution in [0, 0.1) is 0 Å². The second-order valence-electron chi connectivity index (χ2n) is 9.46. The Morgan fingerprint density at radius 3 is 2.45 bits per heavy atom. The molecule has 0 bridgehead atoms. The molecule has 0 radical (unpaired) electrons. The molecule has 0 N–H and O–H groups in total. The van der Waals surface area contributed by atoms with E-state index in [9.17, 15) is 9.59 Å². The third-order valence-corrected chi connectivity index (χ3v) is 6.89. The second kappa shape index (κ2) is 9.53. The fourth-order valence-corrected chi connectivity index (χ4v) is 5.02. The molecular weight excluding hydrogens is 408 g/mol. The van der Waals surface area contributed by atoms with Crippen molar-refractivity contribution in [1.82, 2.24) is 9.80 Å². The number of rotatable bonds is 6. The van der Waals surface area contributed by atoms with E-state index < -0.39 is 0 Å². The highest BCUT2D eigenvalue weighted by molar-refractivity contribution is 7.10. The molecule has 0 fully saturated rings. The molecule has 0 saturated heterocycles. The summed E-state index contributed by atoms with van der Waals surface area (Å²) in [5.41, 5.74) is 3.66. The van der Waals surface area contributed by atoms with Crippen LogP contribution in [0.1, 0.15) is 62.2 Å². The number of fused-ring (bicyclic) bond motifs is 1. The maximum absolute atomic E-state index is 13.5. The zero-order chi connectivity index (χ0) is 22.8. The summed E-state index contributed by atoms with van der Waals surface area (Å²) >= 11 is 1.76. The number of thiophene rings is 1. The Morgan fingerprint density at radius 1 is 1.19 bits per heavy atom. The van der Waals surface area contributed by atoms with Gasteiger partial charge < -0.3 is 14.5 Å². The predicted octanol–water partition coefficient (Wildman–Crippen LogP) is 4.40. The first-order valence-corrected chi connectivity index (χ1v) is 11.8. The first-order chi connectivity index (χ1) is 14.6. The molecule has 2 amide bonds. The van der Waals surface area contributed by atoms with Crippen LogP contribution in [0.5, 0.6) is 0 Å². The normalized spacial score (nSPS) is 16.4. The van der Waals surface area contributed by atoms with Crippen molar-refractivity contribution in [2.45, 2.75) is 58.5 Å². The zero-order valence-corrected chi connectivity index (χ0v) is 20.3. The van der Waals surface area contributed by atoms with Gasteiger partial charge in [0, 0.05) is 24.6 Å². The Kier molecular flexibility index (Phi) is 7.22. The number of methoxy groups -OCH3 is 1. The van der Waals surface area contributed by atoms with Gasteiger partial charge in [-0.2, -0.15) is 0 Å². The zero-order valence-electron chi connectivity index (χ0n) is 19.5. The molecule has 2 heterocycles. The summed E-state index contributed by atoms with van der Waals surface area (Å²) in [5.74, 6) is -0.190. The van der Waals surface area contributed by atoms with Crippen molar-refractivity contribution in [3.63, 3.8) is 0 Å². The Morgan fingerprint density at radius 2 is 1.87 bits per heavy atom. The van der Waals surface area contributed by atoms with Crippen LogP contribution in [0.2, 0.25) is 0 Å². The lowest BCUT2D eigenvalue weighted by molar-refractivity contribution is -0.145. The molecule has 2 aromatic rings. The Hall–Kier alpha value is -2.18. The summed E-state index contributed by atoms with van der Waals surface area (Å²) in [4.78, 5) is 30.8. The highest BCUT2D eigenvalue weighted by atomic mass is 32.1. The second-order valence-corrected chi connectivity index (χ2v) is 10.5. The van der Waals surface area contributed by atoms with E-state index in [-0.39, 0.29) is 42.5 Å². The number of nitrogens with zero attached hydrogens (tertiary/aromatic N) is 2. The van der Waals surface area contributed by atoms with Crippen LogP contribution in [0.25, 0.3) is 0 Å². The average Bonchev–Trinajstić information content (AvgIpc) is 3.19. The molecule has 1 atom stereocenters. The summed E-state index contributed by atoms with van der Waals surface area (Å²) in [5, 5.41) is 2.11. The minimum absolute atomic E-state index is 0.0160. The number of amides is 2. The molecule has 0 saturated carbocycles. The fourth-order valence-electron chi connectivity index (χ4n) is 4.11. The summed E-state index contributed by atoms with van der Waals surface area (Å²) in [6.07, 6.45) is 0.850. The molecule has 1 aliphatic rings. The first kappa shape index (κ1) is 23.5. The van der Waals surface area contributed by atoms with E-state index in [1.165, 1.54) is 23.1 Å². The number of hydrogen-bond donors (Lipinski definition) is 0. The van der Waals surface area contributed by atoms with Crippen LogP contribution in [0.4, 0.5) is 0 Å². The highest BCUT2D eigenvalue weighted by Crippen LogP contribution is 2.38. The SMILES string of the molecule is COCC(=O)N(CC(=O)N1CCc2sccc2C1c1ccc(C(C)(C)C)cc1)C(C)C. The molecule has 1 unspecified atom stereocenters. The van der Waals surface area contributed by atoms with Gasteiger partial charge in [-0.15, -0.1) is 11.3 Å². The number of ether oxygens (including phenoxy) is 1. The van der Waals surface area contributed by atoms with Crippen LogP contribution in [-0.2, 0) is 26.2 Å². The van der Waals surface area contributed by atoms with Crippen LogP contribution >= 0.6 is 11.3 Å². The number of carbonyl (C=O) groups excluding carboxylic acids is 2. The van der Waals surface area contributed by atoms with E-state index >= 15 is 0 Å². The van der Waals surface area contributed by atoms with E-state index in [1.54, 1.807) is 16.2 Å². The van der Waals surface area contributed by atoms with Gasteiger partial charge in [0.2, 0.25) is 11.8 Å². The lowest BCUT2D eigenvalue weighted by Gasteiger charge is -2.38. The van der Waals surface area contributed by atoms with Gasteiger partial charge in [-0.1, -0.05) is 45.0 Å². The molecule has 6 heteroatoms. The van der Waals surface area contributed by atoms with Crippen molar-refractivity contribution in [2.75, 3.05) is 26.8 Å². The molecule has 1 aliphatic heterocycles. The Bertz CT molecular complexity index is 912. The predicted molar refractivity (Wildman–Crippen MR) is 125 cm³/mol. The number of benzene rings is 1. The van der Waals surface area contributed by atoms with Crippen molar-refractivity contribution in [3.8, 4) is 0 Å². The van der Waals surface area contributed by atoms with Gasteiger partial charge in [-0.3, -0.25) is 9.59 Å². The van der Waals surface area contributed by atoms with Crippen molar-refractivity contribution in [2.24, 2.45) is 0 Å². The van der Waals surface area contributed by atoms with E-state index in [1.807, 2.05) is 18.7 Å². The third kappa shape index (κ3) is 5.18. The van der Waals surface area contributed by atoms with Gasteiger partial charge in [0.05, 0.1) is 6.04 Å². The monoisotopic (exact) mass is 442 g/mol. The minimum Gasteiger partial charge on any atom is -0.375 e. The van der Waals surface area contributed by atoms with Crippen molar-refractivity contribution in [3.05, 3.63) is 57.3 Å². The summed E-state index contributed by atoms with van der Waals surface area (Å²) in [7, 11) is 1.50. The molecular formula is C25H34N2O3S. The smallest absolute Gasteiger partial charge is 0.249 e. The molecule has 3 rings (SSSR count). The topological polar surface area (TPSA) is 49.9 Å². The van der Waals surface area contributed by atoms with Gasteiger partial charge in [0.1, 0.15) is 13.2 Å². The van der Waals surface area contributed by atoms with Crippen LogP contribution < -0.4 is 0 Å². The largest absolute Gasteiger partial charge is 0.375 e. The van der Waals surface area contributed by atoms with Crippen LogP contribution in [0.3, 0.4) is 0 Å². The number of hydrogen-bond acceptors (Lipinski definition) is 4. The molecule has 0 spiro atoms. The van der Waals surface area contributed by atoms with E-state index in [4.69, 9.17) is 4.74 Å². The highest BCUT2D eigenvalue weighted by Gasteiger charge is 2.34. The number of carbonyl (C=O) groups is 2. The summed E-state index contributed by atoms with van der Waals surface area (Å²) in [6.45, 7) is 11.2. The summed E-state index contributed by atoms with van der Waals surface area (Å²) in [6, 6.07) is 10.6. The van der Waals surface area contributed by atoms with E-state index in [0.717, 1.165) is 12.0 Å². The first-order valence-electron chi connectivity index (χ1n) is 10.9. The van der Waals surface area contributed by atoms with Crippen LogP contribution in [0.15, 0.2) is 35.7 Å². The lowest BCUT2D eigenvalue weighted by Crippen LogP contribution is -2.49. The fraction of sp³-hybridized carbons (Fsp3) is 0.520. The molecule has 1 aromatic heterocycles. The van der Waals surface area contributed by atoms with Crippen molar-refractivity contribution < 1.29 is 14.3 Å². The van der Waals surface area contributed by atoms with Crippen molar-refractivity contribution >= 4 is 23.2 Å². The van der Waals surface area contributed by atoms with E-state index in [2.05, 4.69) is 56.5 Å². The molecule has 0 aliphatic carbocycles. The van der Waals surface area contributed by atoms with E-state index in [0.29, 0.717) is 6.54 Å². The van der Waals surface area contributed by atoms with Gasteiger partial charge in [0.25, 0.3) is 0 Å². The molecule has 5 nitrogen and oxygen atoms in total. The Labute approximate surface area is 190 Å². The average molecular weight is 443 g/mol. The maximum atomic E-state index is 13.5.